The van der Waals surface area contributed by atoms with Crippen LogP contribution in [0.25, 0.3) is 0 Å². The van der Waals surface area contributed by atoms with Gasteiger partial charge in [0, 0.05) is 12.8 Å². The van der Waals surface area contributed by atoms with E-state index in [9.17, 15) is 44.6 Å². The summed E-state index contributed by atoms with van der Waals surface area (Å²) in [5.41, 5.74) is 0. The van der Waals surface area contributed by atoms with E-state index in [2.05, 4.69) is 26.0 Å². The van der Waals surface area contributed by atoms with E-state index in [0.717, 1.165) is 57.8 Å². The lowest BCUT2D eigenvalue weighted by Gasteiger charge is -2.41. The zero-order valence-electron chi connectivity index (χ0n) is 30.6. The van der Waals surface area contributed by atoms with E-state index in [4.69, 9.17) is 18.5 Å². The molecule has 0 aliphatic heterocycles. The van der Waals surface area contributed by atoms with Gasteiger partial charge in [-0.2, -0.15) is 0 Å². The van der Waals surface area contributed by atoms with Crippen LogP contribution in [0.5, 0.6) is 0 Å². The molecule has 0 bridgehead atoms. The lowest BCUT2D eigenvalue weighted by molar-refractivity contribution is -0.220. The number of phosphoric ester groups is 1. The molecular weight excluding hydrogens is 683 g/mol. The number of carbonyl (C=O) groups excluding carboxylic acids is 2. The molecule has 13 nitrogen and oxygen atoms in total. The number of hydrogen-bond donors (Lipinski definition) is 6. The molecule has 1 aliphatic rings. The molecule has 1 aliphatic carbocycles. The Bertz CT molecular complexity index is 1050. The minimum Gasteiger partial charge on any atom is -0.462 e. The fraction of sp³-hybridized carbons (Fsp3) is 0.784. The molecule has 0 radical (unpaired) electrons. The van der Waals surface area contributed by atoms with Crippen molar-refractivity contribution < 1.29 is 63.1 Å². The van der Waals surface area contributed by atoms with Crippen LogP contribution in [0.15, 0.2) is 36.5 Å². The van der Waals surface area contributed by atoms with E-state index in [0.29, 0.717) is 12.8 Å². The van der Waals surface area contributed by atoms with E-state index in [1.807, 2.05) is 24.3 Å². The van der Waals surface area contributed by atoms with Crippen LogP contribution in [0, 0.1) is 0 Å². The number of carbonyl (C=O) groups is 2. The first kappa shape index (κ1) is 47.1. The topological polar surface area (TPSA) is 210 Å². The fourth-order valence-corrected chi connectivity index (χ4v) is 6.43. The molecule has 0 amide bonds. The molecule has 1 fully saturated rings. The van der Waals surface area contributed by atoms with Gasteiger partial charge in [-0.1, -0.05) is 121 Å². The molecule has 0 spiro atoms. The van der Waals surface area contributed by atoms with Gasteiger partial charge in [0.05, 0.1) is 6.61 Å². The number of phosphoric acid groups is 1. The molecule has 6 N–H and O–H groups in total. The fourth-order valence-electron chi connectivity index (χ4n) is 5.46. The van der Waals surface area contributed by atoms with Crippen molar-refractivity contribution >= 4 is 19.8 Å². The summed E-state index contributed by atoms with van der Waals surface area (Å²) in [5, 5.41) is 49.8. The van der Waals surface area contributed by atoms with Crippen molar-refractivity contribution in [3.05, 3.63) is 36.5 Å². The van der Waals surface area contributed by atoms with Crippen molar-refractivity contribution in [1.29, 1.82) is 0 Å². The molecule has 1 rings (SSSR count). The Morgan fingerprint density at radius 1 is 0.627 bits per heavy atom. The number of allylic oxidation sites excluding steroid dienone is 6. The minimum absolute atomic E-state index is 0.0741. The number of ether oxygens (including phenoxy) is 2. The first-order valence-electron chi connectivity index (χ1n) is 18.8. The maximum Gasteiger partial charge on any atom is 0.472 e. The third-order valence-electron chi connectivity index (χ3n) is 8.56. The van der Waals surface area contributed by atoms with Gasteiger partial charge in [-0.05, 0) is 32.1 Å². The van der Waals surface area contributed by atoms with Crippen LogP contribution in [0.4, 0.5) is 0 Å². The van der Waals surface area contributed by atoms with E-state index in [1.165, 1.54) is 32.1 Å². The summed E-state index contributed by atoms with van der Waals surface area (Å²) in [5.74, 6) is -1.13. The third kappa shape index (κ3) is 22.0. The van der Waals surface area contributed by atoms with E-state index < -0.39 is 75.7 Å². The van der Waals surface area contributed by atoms with Gasteiger partial charge in [0.2, 0.25) is 0 Å². The molecule has 0 saturated heterocycles. The smallest absolute Gasteiger partial charge is 0.462 e. The summed E-state index contributed by atoms with van der Waals surface area (Å²) in [6, 6.07) is 0. The SMILES string of the molecule is CC/C=C/C=C/C=C/CCCCCCCC(=O)OC(COC(=O)CCCCCCCCCCC)COP(=O)(O)OC1C(O)C(O)C(O)[C@@H](O)C1O. The zero-order valence-corrected chi connectivity index (χ0v) is 31.5. The van der Waals surface area contributed by atoms with Gasteiger partial charge in [-0.15, -0.1) is 0 Å². The Morgan fingerprint density at radius 3 is 1.69 bits per heavy atom. The average Bonchev–Trinajstić information content (AvgIpc) is 3.10. The van der Waals surface area contributed by atoms with Crippen molar-refractivity contribution in [1.82, 2.24) is 0 Å². The highest BCUT2D eigenvalue weighted by atomic mass is 31.2. The third-order valence-corrected chi connectivity index (χ3v) is 9.54. The Hall–Kier alpha value is -1.93. The highest BCUT2D eigenvalue weighted by Gasteiger charge is 2.51. The van der Waals surface area contributed by atoms with E-state index >= 15 is 0 Å². The van der Waals surface area contributed by atoms with Gasteiger partial charge in [-0.3, -0.25) is 18.6 Å². The maximum atomic E-state index is 12.7. The lowest BCUT2D eigenvalue weighted by Crippen LogP contribution is -2.64. The summed E-state index contributed by atoms with van der Waals surface area (Å²) in [4.78, 5) is 35.3. The molecule has 0 heterocycles. The molecule has 296 valence electrons. The van der Waals surface area contributed by atoms with Crippen molar-refractivity contribution in [2.24, 2.45) is 0 Å². The predicted octanol–water partition coefficient (Wildman–Crippen LogP) is 5.49. The summed E-state index contributed by atoms with van der Waals surface area (Å²) in [7, 11) is -5.11. The Labute approximate surface area is 304 Å². The van der Waals surface area contributed by atoms with Gasteiger partial charge < -0.3 is 39.9 Å². The van der Waals surface area contributed by atoms with Gasteiger partial charge >= 0.3 is 19.8 Å². The second-order valence-corrected chi connectivity index (χ2v) is 14.5. The highest BCUT2D eigenvalue weighted by Crippen LogP contribution is 2.47. The van der Waals surface area contributed by atoms with Crippen LogP contribution in [0.1, 0.15) is 129 Å². The maximum absolute atomic E-state index is 12.7. The molecule has 0 aromatic rings. The normalized spacial score (nSPS) is 24.3. The van der Waals surface area contributed by atoms with Gasteiger partial charge in [-0.25, -0.2) is 4.57 Å². The average molecular weight is 749 g/mol. The second kappa shape index (κ2) is 28.6. The molecule has 0 aromatic carbocycles. The first-order chi connectivity index (χ1) is 24.4. The number of esters is 2. The second-order valence-electron chi connectivity index (χ2n) is 13.1. The minimum atomic E-state index is -5.11. The van der Waals surface area contributed by atoms with Crippen molar-refractivity contribution in [3.63, 3.8) is 0 Å². The molecule has 7 unspecified atom stereocenters. The zero-order chi connectivity index (χ0) is 37.9. The number of aliphatic hydroxyl groups is 5. The number of rotatable bonds is 29. The Kier molecular flexibility index (Phi) is 26.4. The quantitative estimate of drug-likeness (QED) is 0.0242. The molecule has 8 atom stereocenters. The van der Waals surface area contributed by atoms with Crippen LogP contribution < -0.4 is 0 Å². The first-order valence-corrected chi connectivity index (χ1v) is 20.3. The number of aliphatic hydroxyl groups excluding tert-OH is 5. The van der Waals surface area contributed by atoms with Crippen LogP contribution in [0.3, 0.4) is 0 Å². The Morgan fingerprint density at radius 2 is 1.12 bits per heavy atom. The van der Waals surface area contributed by atoms with Crippen LogP contribution in [0.2, 0.25) is 0 Å². The van der Waals surface area contributed by atoms with Gasteiger partial charge in [0.1, 0.15) is 43.2 Å². The summed E-state index contributed by atoms with van der Waals surface area (Å²) < 4.78 is 33.2. The van der Waals surface area contributed by atoms with Gasteiger partial charge in [0.25, 0.3) is 0 Å². The van der Waals surface area contributed by atoms with Gasteiger partial charge in [0.15, 0.2) is 6.10 Å². The molecule has 1 saturated carbocycles. The van der Waals surface area contributed by atoms with E-state index in [-0.39, 0.29) is 12.8 Å². The summed E-state index contributed by atoms with van der Waals surface area (Å²) >= 11 is 0. The van der Waals surface area contributed by atoms with Crippen LogP contribution in [-0.2, 0) is 32.7 Å². The molecule has 14 heteroatoms. The molecule has 51 heavy (non-hydrogen) atoms. The van der Waals surface area contributed by atoms with E-state index in [1.54, 1.807) is 0 Å². The van der Waals surface area contributed by atoms with Crippen molar-refractivity contribution in [2.45, 2.75) is 172 Å². The van der Waals surface area contributed by atoms with Crippen molar-refractivity contribution in [2.75, 3.05) is 13.2 Å². The highest BCUT2D eigenvalue weighted by molar-refractivity contribution is 7.47. The number of hydrogen-bond acceptors (Lipinski definition) is 12. The summed E-state index contributed by atoms with van der Waals surface area (Å²) in [6.07, 6.45) is 15.2. The summed E-state index contributed by atoms with van der Waals surface area (Å²) in [6.45, 7) is 3.07. The predicted molar refractivity (Wildman–Crippen MR) is 193 cm³/mol. The van der Waals surface area contributed by atoms with Crippen LogP contribution >= 0.6 is 7.82 Å². The Balaban J connectivity index is 2.58. The lowest BCUT2D eigenvalue weighted by atomic mass is 9.85. The molecule has 0 aromatic heterocycles. The van der Waals surface area contributed by atoms with Crippen LogP contribution in [-0.4, -0.2) is 98.3 Å². The number of unbranched alkanes of at least 4 members (excludes halogenated alkanes) is 13. The standard InChI is InChI=1S/C37H65O13P/c1-3-5-7-9-11-13-14-15-16-18-20-22-24-26-31(39)49-29(27-47-30(38)25-23-21-19-17-12-10-8-6-4-2)28-48-51(45,46)50-37-35(43)33(41)32(40)34(42)36(37)44/h5,7,9,11,13-14,29,32-37,40-44H,3-4,6,8,10,12,15-28H2,1-2H3,(H,45,46)/b7-5+,11-9+,14-13+/t29?,32?,33-,34?,35?,36?,37?/m1/s1. The largest absolute Gasteiger partial charge is 0.472 e. The van der Waals surface area contributed by atoms with Crippen molar-refractivity contribution in [3.8, 4) is 0 Å². The monoisotopic (exact) mass is 748 g/mol. The molecular formula is C37H65O13P.